The molecule has 0 saturated carbocycles. The van der Waals surface area contributed by atoms with Crippen LogP contribution in [0.1, 0.15) is 26.3 Å². The number of amides is 4. The van der Waals surface area contributed by atoms with E-state index in [-0.39, 0.29) is 36.1 Å². The second-order valence-electron chi connectivity index (χ2n) is 6.73. The summed E-state index contributed by atoms with van der Waals surface area (Å²) in [6.45, 7) is 1.63. The largest absolute Gasteiger partial charge is 0.333 e. The van der Waals surface area contributed by atoms with Crippen LogP contribution < -0.4 is 14.9 Å². The number of hydrogen-bond acceptors (Lipinski definition) is 6. The smallest absolute Gasteiger partial charge is 0.306 e. The van der Waals surface area contributed by atoms with E-state index in [4.69, 9.17) is 23.2 Å². The van der Waals surface area contributed by atoms with Crippen molar-refractivity contribution in [1.82, 2.24) is 4.72 Å². The summed E-state index contributed by atoms with van der Waals surface area (Å²) in [5.41, 5.74) is 1.39. The van der Waals surface area contributed by atoms with Crippen molar-refractivity contribution in [1.29, 1.82) is 0 Å². The Kier molecular flexibility index (Phi) is 5.72. The van der Waals surface area contributed by atoms with Crippen molar-refractivity contribution in [3.63, 3.8) is 0 Å². The molecule has 0 atom stereocenters. The van der Waals surface area contributed by atoms with Gasteiger partial charge in [-0.05, 0) is 48.9 Å². The molecule has 1 aliphatic rings. The number of imide groups is 1. The van der Waals surface area contributed by atoms with Gasteiger partial charge in [0.25, 0.3) is 21.8 Å². The number of aryl methyl sites for hydroxylation is 1. The number of thiophene rings is 1. The number of anilines is 2. The number of nitrogens with zero attached hydrogens (tertiary/aromatic N) is 1. The average Bonchev–Trinajstić information content (AvgIpc) is 3.27. The van der Waals surface area contributed by atoms with Crippen LogP contribution in [0.4, 0.5) is 16.2 Å². The number of rotatable bonds is 4. The summed E-state index contributed by atoms with van der Waals surface area (Å²) in [5.74, 6) is -0.965. The third-order valence-electron chi connectivity index (χ3n) is 4.61. The second-order valence-corrected chi connectivity index (χ2v) is 10.8. The highest BCUT2D eigenvalue weighted by Gasteiger charge is 2.37. The molecule has 0 fully saturated rings. The van der Waals surface area contributed by atoms with E-state index < -0.39 is 27.9 Å². The molecule has 0 unspecified atom stereocenters. The Morgan fingerprint density at radius 1 is 1.00 bits per heavy atom. The molecule has 0 radical (unpaired) electrons. The minimum absolute atomic E-state index is 0.00821. The Balaban J connectivity index is 1.57. The van der Waals surface area contributed by atoms with Crippen LogP contribution in [0.5, 0.6) is 0 Å². The first-order valence-corrected chi connectivity index (χ1v) is 12.0. The summed E-state index contributed by atoms with van der Waals surface area (Å²) in [5, 5.41) is 2.37. The lowest BCUT2D eigenvalue weighted by Gasteiger charge is -2.19. The summed E-state index contributed by atoms with van der Waals surface area (Å²) in [6.07, 6.45) is 0. The number of hydrogen-bond donors (Lipinski definition) is 2. The Hall–Kier alpha value is -2.92. The maximum absolute atomic E-state index is 12.7. The Bertz CT molecular complexity index is 1370. The van der Waals surface area contributed by atoms with Gasteiger partial charge in [0.1, 0.15) is 4.21 Å². The molecule has 12 heteroatoms. The molecule has 0 bridgehead atoms. The molecule has 164 valence electrons. The van der Waals surface area contributed by atoms with Crippen molar-refractivity contribution in [2.75, 3.05) is 10.2 Å². The van der Waals surface area contributed by atoms with Crippen LogP contribution in [0.3, 0.4) is 0 Å². The van der Waals surface area contributed by atoms with Crippen LogP contribution >= 0.6 is 34.5 Å². The van der Waals surface area contributed by atoms with Crippen LogP contribution in [0.2, 0.25) is 9.36 Å². The van der Waals surface area contributed by atoms with Crippen LogP contribution in [0, 0.1) is 6.92 Å². The van der Waals surface area contributed by atoms with E-state index in [2.05, 4.69) is 5.32 Å². The van der Waals surface area contributed by atoms with E-state index in [0.717, 1.165) is 16.2 Å². The van der Waals surface area contributed by atoms with Crippen LogP contribution in [0.15, 0.2) is 52.7 Å². The molecule has 3 aromatic rings. The Morgan fingerprint density at radius 2 is 1.62 bits per heavy atom. The van der Waals surface area contributed by atoms with Gasteiger partial charge in [-0.15, -0.1) is 11.3 Å². The lowest BCUT2D eigenvalue weighted by atomic mass is 10.1. The number of fused-ring (bicyclic) bond motifs is 1. The minimum Gasteiger partial charge on any atom is -0.306 e. The zero-order valence-electron chi connectivity index (χ0n) is 16.2. The summed E-state index contributed by atoms with van der Waals surface area (Å²) >= 11 is 12.8. The summed E-state index contributed by atoms with van der Waals surface area (Å²) in [7, 11) is -4.12. The molecule has 0 aliphatic carbocycles. The fraction of sp³-hybridized carbons (Fsp3) is 0.0500. The molecule has 1 aliphatic heterocycles. The van der Waals surface area contributed by atoms with Crippen molar-refractivity contribution in [3.05, 3.63) is 74.6 Å². The molecule has 0 spiro atoms. The average molecular weight is 510 g/mol. The van der Waals surface area contributed by atoms with Crippen molar-refractivity contribution in [2.24, 2.45) is 0 Å². The monoisotopic (exact) mass is 509 g/mol. The van der Waals surface area contributed by atoms with E-state index in [1.807, 2.05) is 4.72 Å². The zero-order valence-corrected chi connectivity index (χ0v) is 19.3. The highest BCUT2D eigenvalue weighted by molar-refractivity contribution is 7.92. The van der Waals surface area contributed by atoms with Crippen molar-refractivity contribution in [2.45, 2.75) is 11.1 Å². The fourth-order valence-electron chi connectivity index (χ4n) is 3.18. The van der Waals surface area contributed by atoms with Crippen molar-refractivity contribution >= 4 is 73.8 Å². The number of halogens is 2. The van der Waals surface area contributed by atoms with Gasteiger partial charge in [0, 0.05) is 0 Å². The second kappa shape index (κ2) is 8.21. The SMILES string of the molecule is Cc1cc(NC(=O)NS(=O)(=O)c2ccc(Cl)s2)c(Cl)cc1N1C(=O)c2ccccc2C1=O. The predicted octanol–water partition coefficient (Wildman–Crippen LogP) is 4.67. The number of benzene rings is 2. The van der Waals surface area contributed by atoms with Gasteiger partial charge >= 0.3 is 6.03 Å². The van der Waals surface area contributed by atoms with Gasteiger partial charge in [0.15, 0.2) is 0 Å². The lowest BCUT2D eigenvalue weighted by Crippen LogP contribution is -2.34. The summed E-state index contributed by atoms with van der Waals surface area (Å²) in [6, 6.07) is 10.9. The van der Waals surface area contributed by atoms with E-state index in [0.29, 0.717) is 5.56 Å². The first-order chi connectivity index (χ1) is 15.1. The molecular formula is C20H13Cl2N3O5S2. The number of urea groups is 1. The number of carbonyl (C=O) groups is 3. The standard InChI is InChI=1S/C20H13Cl2N3O5S2/c1-10-8-14(23-20(28)24-32(29,30)17-7-6-16(22)31-17)13(21)9-15(10)25-18(26)11-4-2-3-5-12(11)19(25)27/h2-9H,1H3,(H2,23,24,28). The van der Waals surface area contributed by atoms with Gasteiger partial charge < -0.3 is 5.32 Å². The number of sulfonamides is 1. The first-order valence-electron chi connectivity index (χ1n) is 8.95. The van der Waals surface area contributed by atoms with Gasteiger partial charge in [-0.1, -0.05) is 35.3 Å². The lowest BCUT2D eigenvalue weighted by molar-refractivity contribution is 0.0926. The third kappa shape index (κ3) is 3.97. The predicted molar refractivity (Wildman–Crippen MR) is 122 cm³/mol. The van der Waals surface area contributed by atoms with Gasteiger partial charge in [0.2, 0.25) is 0 Å². The van der Waals surface area contributed by atoms with E-state index in [1.165, 1.54) is 24.3 Å². The highest BCUT2D eigenvalue weighted by atomic mass is 35.5. The molecular weight excluding hydrogens is 497 g/mol. The maximum Gasteiger partial charge on any atom is 0.333 e. The molecule has 1 aromatic heterocycles. The van der Waals surface area contributed by atoms with Gasteiger partial charge in [-0.25, -0.2) is 22.8 Å². The molecule has 2 N–H and O–H groups in total. The zero-order chi connectivity index (χ0) is 23.2. The van der Waals surface area contributed by atoms with E-state index in [9.17, 15) is 22.8 Å². The normalized spacial score (nSPS) is 13.3. The fourth-order valence-corrected chi connectivity index (χ4v) is 5.77. The van der Waals surface area contributed by atoms with Crippen LogP contribution in [-0.4, -0.2) is 26.3 Å². The summed E-state index contributed by atoms with van der Waals surface area (Å²) < 4.78 is 26.5. The highest BCUT2D eigenvalue weighted by Crippen LogP contribution is 2.35. The van der Waals surface area contributed by atoms with E-state index >= 15 is 0 Å². The van der Waals surface area contributed by atoms with Gasteiger partial charge in [-0.2, -0.15) is 0 Å². The molecule has 8 nitrogen and oxygen atoms in total. The van der Waals surface area contributed by atoms with Crippen molar-refractivity contribution < 1.29 is 22.8 Å². The molecule has 0 saturated heterocycles. The Morgan fingerprint density at radius 3 is 2.19 bits per heavy atom. The minimum atomic E-state index is -4.12. The Labute approximate surface area is 196 Å². The van der Waals surface area contributed by atoms with E-state index in [1.54, 1.807) is 31.2 Å². The van der Waals surface area contributed by atoms with Crippen molar-refractivity contribution in [3.8, 4) is 0 Å². The third-order valence-corrected chi connectivity index (χ3v) is 7.98. The topological polar surface area (TPSA) is 113 Å². The molecule has 2 heterocycles. The molecule has 4 rings (SSSR count). The molecule has 32 heavy (non-hydrogen) atoms. The van der Waals surface area contributed by atoms with Gasteiger partial charge in [-0.3, -0.25) is 9.59 Å². The first kappa shape index (κ1) is 22.3. The van der Waals surface area contributed by atoms with Gasteiger partial charge in [0.05, 0.1) is 31.9 Å². The van der Waals surface area contributed by atoms with Crippen LogP contribution in [0.25, 0.3) is 0 Å². The maximum atomic E-state index is 12.7. The molecule has 2 aromatic carbocycles. The number of carbonyl (C=O) groups excluding carboxylic acids is 3. The quantitative estimate of drug-likeness (QED) is 0.496. The summed E-state index contributed by atoms with van der Waals surface area (Å²) in [4.78, 5) is 38.7. The van der Waals surface area contributed by atoms with Crippen LogP contribution in [-0.2, 0) is 10.0 Å². The molecule has 4 amide bonds. The number of nitrogens with one attached hydrogen (secondary N) is 2.